The average Bonchev–Trinajstić information content (AvgIpc) is 3.78. The molecule has 0 saturated heterocycles. The summed E-state index contributed by atoms with van der Waals surface area (Å²) >= 11 is 0. The van der Waals surface area contributed by atoms with E-state index in [2.05, 4.69) is 54.8 Å². The fourth-order valence-electron chi connectivity index (χ4n) is 6.14. The van der Waals surface area contributed by atoms with E-state index in [1.165, 1.54) is 13.5 Å². The first kappa shape index (κ1) is 33.4. The third-order valence-corrected chi connectivity index (χ3v) is 8.99. The minimum Gasteiger partial charge on any atom is -0.453 e. The number of ether oxygens (including phenoxy) is 1. The molecule has 0 radical (unpaired) electrons. The predicted molar refractivity (Wildman–Crippen MR) is 182 cm³/mol. The van der Waals surface area contributed by atoms with Crippen LogP contribution in [0.4, 0.5) is 10.7 Å². The van der Waals surface area contributed by atoms with E-state index in [4.69, 9.17) is 4.74 Å². The number of carbonyl (C=O) groups excluding carboxylic acids is 3. The number of nitrogens with zero attached hydrogens (tertiary/aromatic N) is 3. The summed E-state index contributed by atoms with van der Waals surface area (Å²) < 4.78 is 4.73. The number of amides is 3. The van der Waals surface area contributed by atoms with Crippen LogP contribution in [0.2, 0.25) is 0 Å². The number of rotatable bonds is 11. The van der Waals surface area contributed by atoms with Crippen molar-refractivity contribution in [3.05, 3.63) is 66.7 Å². The monoisotopic (exact) mass is 639 g/mol. The lowest BCUT2D eigenvalue weighted by molar-refractivity contribution is -0.136. The molecule has 3 amide bonds. The number of hydrogen-bond acceptors (Lipinski definition) is 6. The van der Waals surface area contributed by atoms with Crippen LogP contribution in [0.3, 0.4) is 0 Å². The molecule has 11 nitrogen and oxygen atoms in total. The molecule has 2 aromatic carbocycles. The van der Waals surface area contributed by atoms with Gasteiger partial charge in [0.25, 0.3) is 0 Å². The summed E-state index contributed by atoms with van der Waals surface area (Å²) in [4.78, 5) is 55.2. The Balaban J connectivity index is 1.22. The van der Waals surface area contributed by atoms with Crippen LogP contribution < -0.4 is 10.6 Å². The summed E-state index contributed by atoms with van der Waals surface area (Å²) in [5.41, 5.74) is 5.78. The molecule has 47 heavy (non-hydrogen) atoms. The zero-order valence-corrected chi connectivity index (χ0v) is 27.8. The highest BCUT2D eigenvalue weighted by atomic mass is 16.5. The van der Waals surface area contributed by atoms with Gasteiger partial charge in [0, 0.05) is 12.5 Å². The highest BCUT2D eigenvalue weighted by Crippen LogP contribution is 2.29. The van der Waals surface area contributed by atoms with E-state index >= 15 is 0 Å². The van der Waals surface area contributed by atoms with Crippen LogP contribution in [-0.2, 0) is 14.3 Å². The number of hydrogen-bond donors (Lipinski definition) is 4. The molecule has 1 aliphatic rings. The first-order chi connectivity index (χ1) is 22.7. The number of H-pyrrole nitrogens is 2. The van der Waals surface area contributed by atoms with Gasteiger partial charge in [0.05, 0.1) is 36.9 Å². The Bertz CT molecular complexity index is 1650. The van der Waals surface area contributed by atoms with Crippen LogP contribution in [0.25, 0.3) is 33.6 Å². The van der Waals surface area contributed by atoms with Gasteiger partial charge in [-0.2, -0.15) is 0 Å². The molecular weight excluding hydrogens is 594 g/mol. The van der Waals surface area contributed by atoms with Gasteiger partial charge in [-0.05, 0) is 54.9 Å². The van der Waals surface area contributed by atoms with Crippen LogP contribution >= 0.6 is 0 Å². The lowest BCUT2D eigenvalue weighted by atomic mass is 9.89. The SMILES string of the molecule is CCN(C(=O)[C@@H](NC(=O)OC)C(C)C)[C@@H](C)c1ncc(-c2ccc(-c3ccc(-c4cnc(NC(=O)C5CCCCC5)[nH]4)cc3)cc2)[nH]1. The summed E-state index contributed by atoms with van der Waals surface area (Å²) in [6, 6.07) is 15.4. The van der Waals surface area contributed by atoms with E-state index in [0.29, 0.717) is 18.3 Å². The van der Waals surface area contributed by atoms with E-state index in [9.17, 15) is 14.4 Å². The van der Waals surface area contributed by atoms with E-state index in [1.807, 2.05) is 52.0 Å². The van der Waals surface area contributed by atoms with Gasteiger partial charge in [0.2, 0.25) is 17.8 Å². The molecule has 4 N–H and O–H groups in total. The normalized spacial score (nSPS) is 14.8. The Kier molecular flexibility index (Phi) is 10.7. The molecule has 0 unspecified atom stereocenters. The number of aromatic amines is 2. The number of methoxy groups -OCH3 is 1. The van der Waals surface area contributed by atoms with Crippen molar-refractivity contribution in [2.75, 3.05) is 19.0 Å². The van der Waals surface area contributed by atoms with Crippen molar-refractivity contribution in [3.63, 3.8) is 0 Å². The predicted octanol–water partition coefficient (Wildman–Crippen LogP) is 6.94. The second kappa shape index (κ2) is 15.1. The maximum Gasteiger partial charge on any atom is 0.407 e. The van der Waals surface area contributed by atoms with Crippen molar-refractivity contribution in [3.8, 4) is 33.6 Å². The maximum atomic E-state index is 13.4. The Morgan fingerprint density at radius 2 is 1.40 bits per heavy atom. The minimum absolute atomic E-state index is 0.0492. The maximum absolute atomic E-state index is 13.4. The van der Waals surface area contributed by atoms with Crippen molar-refractivity contribution in [1.29, 1.82) is 0 Å². The number of imidazole rings is 2. The van der Waals surface area contributed by atoms with Crippen LogP contribution in [0.15, 0.2) is 60.9 Å². The second-order valence-corrected chi connectivity index (χ2v) is 12.5. The molecule has 0 bridgehead atoms. The van der Waals surface area contributed by atoms with Crippen molar-refractivity contribution in [2.45, 2.75) is 71.9 Å². The van der Waals surface area contributed by atoms with Gasteiger partial charge < -0.3 is 24.9 Å². The Labute approximate surface area is 275 Å². The van der Waals surface area contributed by atoms with Gasteiger partial charge in [-0.1, -0.05) is 81.6 Å². The van der Waals surface area contributed by atoms with Crippen LogP contribution in [0.5, 0.6) is 0 Å². The van der Waals surface area contributed by atoms with Crippen molar-refractivity contribution >= 4 is 23.9 Å². The van der Waals surface area contributed by atoms with Gasteiger partial charge >= 0.3 is 6.09 Å². The van der Waals surface area contributed by atoms with Crippen LogP contribution in [0.1, 0.15) is 71.7 Å². The van der Waals surface area contributed by atoms with Crippen LogP contribution in [0, 0.1) is 11.8 Å². The lowest BCUT2D eigenvalue weighted by Crippen LogP contribution is -2.51. The molecule has 2 aromatic heterocycles. The van der Waals surface area contributed by atoms with Crippen LogP contribution in [-0.4, -0.2) is 62.4 Å². The highest BCUT2D eigenvalue weighted by Gasteiger charge is 2.32. The number of alkyl carbamates (subject to hydrolysis) is 1. The van der Waals surface area contributed by atoms with Gasteiger partial charge in [-0.3, -0.25) is 14.9 Å². The summed E-state index contributed by atoms with van der Waals surface area (Å²) in [6.45, 7) is 8.05. The van der Waals surface area contributed by atoms with E-state index in [-0.39, 0.29) is 29.7 Å². The fourth-order valence-corrected chi connectivity index (χ4v) is 6.14. The molecule has 0 aliphatic heterocycles. The number of anilines is 1. The van der Waals surface area contributed by atoms with Crippen molar-refractivity contribution in [2.24, 2.45) is 11.8 Å². The summed E-state index contributed by atoms with van der Waals surface area (Å²) in [5, 5.41) is 5.61. The largest absolute Gasteiger partial charge is 0.453 e. The molecule has 248 valence electrons. The zero-order valence-electron chi connectivity index (χ0n) is 27.8. The molecule has 5 rings (SSSR count). The number of aromatic nitrogens is 4. The standard InChI is InChI=1S/C36H45N7O4/c1-6-43(34(45)31(22(2)3)41-36(46)47-5)23(4)32-37-20-29(39-32)26-16-12-24(13-17-26)25-14-18-27(19-15-25)30-21-38-35(40-30)42-33(44)28-10-8-7-9-11-28/h12-23,28,31H,6-11H2,1-5H3,(H,37,39)(H,41,46)(H2,38,40,42,44)/t23-,31-/m0/s1. The Morgan fingerprint density at radius 1 is 0.851 bits per heavy atom. The first-order valence-electron chi connectivity index (χ1n) is 16.5. The Morgan fingerprint density at radius 3 is 1.96 bits per heavy atom. The first-order valence-corrected chi connectivity index (χ1v) is 16.5. The van der Waals surface area contributed by atoms with Gasteiger partial charge in [-0.15, -0.1) is 0 Å². The molecule has 1 aliphatic carbocycles. The molecule has 4 aromatic rings. The average molecular weight is 640 g/mol. The summed E-state index contributed by atoms with van der Waals surface area (Å²) in [6.07, 6.45) is 8.21. The zero-order chi connectivity index (χ0) is 33.5. The lowest BCUT2D eigenvalue weighted by Gasteiger charge is -2.32. The number of carbonyl (C=O) groups is 3. The van der Waals surface area contributed by atoms with Crippen molar-refractivity contribution < 1.29 is 19.1 Å². The van der Waals surface area contributed by atoms with E-state index in [0.717, 1.165) is 59.3 Å². The Hall–Kier alpha value is -4.93. The number of benzene rings is 2. The summed E-state index contributed by atoms with van der Waals surface area (Å²) in [5.74, 6) is 0.955. The molecule has 0 spiro atoms. The van der Waals surface area contributed by atoms with Crippen molar-refractivity contribution in [1.82, 2.24) is 30.2 Å². The van der Waals surface area contributed by atoms with E-state index in [1.54, 1.807) is 17.3 Å². The van der Waals surface area contributed by atoms with Gasteiger partial charge in [0.15, 0.2) is 0 Å². The van der Waals surface area contributed by atoms with Gasteiger partial charge in [0.1, 0.15) is 11.9 Å². The molecule has 1 saturated carbocycles. The van der Waals surface area contributed by atoms with E-state index < -0.39 is 12.1 Å². The number of nitrogens with one attached hydrogen (secondary N) is 4. The number of likely N-dealkylation sites (N-methyl/N-ethyl adjacent to an activating group) is 1. The minimum atomic E-state index is -0.712. The molecule has 11 heteroatoms. The second-order valence-electron chi connectivity index (χ2n) is 12.5. The summed E-state index contributed by atoms with van der Waals surface area (Å²) in [7, 11) is 1.28. The third-order valence-electron chi connectivity index (χ3n) is 8.99. The molecule has 1 fully saturated rings. The smallest absolute Gasteiger partial charge is 0.407 e. The quantitative estimate of drug-likeness (QED) is 0.140. The van der Waals surface area contributed by atoms with Gasteiger partial charge in [-0.25, -0.2) is 14.8 Å². The molecular formula is C36H45N7O4. The molecule has 2 heterocycles. The molecule has 2 atom stereocenters. The highest BCUT2D eigenvalue weighted by molar-refractivity contribution is 5.91. The fraction of sp³-hybridized carbons (Fsp3) is 0.417. The third kappa shape index (κ3) is 7.90. The topological polar surface area (TPSA) is 145 Å².